The van der Waals surface area contributed by atoms with Crippen molar-refractivity contribution < 1.29 is 4.74 Å². The second-order valence-corrected chi connectivity index (χ2v) is 5.07. The van der Waals surface area contributed by atoms with E-state index in [2.05, 4.69) is 15.3 Å². The van der Waals surface area contributed by atoms with Crippen molar-refractivity contribution in [2.24, 2.45) is 5.73 Å². The quantitative estimate of drug-likeness (QED) is 0.762. The summed E-state index contributed by atoms with van der Waals surface area (Å²) in [5.74, 6) is 0.493. The monoisotopic (exact) mass is 275 g/mol. The molecule has 1 aliphatic rings. The van der Waals surface area contributed by atoms with Gasteiger partial charge in [0.05, 0.1) is 6.10 Å². The van der Waals surface area contributed by atoms with Crippen molar-refractivity contribution in [3.63, 3.8) is 0 Å². The number of rotatable bonds is 6. The number of nitrogens with one attached hydrogen (secondary N) is 1. The number of anilines is 1. The number of nitrogens with zero attached hydrogens (tertiary/aromatic N) is 3. The molecule has 0 radical (unpaired) electrons. The topological polar surface area (TPSA) is 96.8 Å². The molecule has 0 unspecified atom stereocenters. The van der Waals surface area contributed by atoms with Gasteiger partial charge in [0.15, 0.2) is 0 Å². The molecule has 1 fully saturated rings. The van der Waals surface area contributed by atoms with Crippen molar-refractivity contribution in [3.05, 3.63) is 18.0 Å². The largest absolute Gasteiger partial charge is 0.378 e. The minimum absolute atomic E-state index is 0.362. The molecule has 2 rings (SSSR count). The molecular formula is C14H21N5O. The van der Waals surface area contributed by atoms with E-state index in [1.807, 2.05) is 6.07 Å². The summed E-state index contributed by atoms with van der Waals surface area (Å²) in [6.45, 7) is 1.46. The lowest BCUT2D eigenvalue weighted by Crippen LogP contribution is -2.30. The minimum atomic E-state index is 0.362. The number of nitrogens with two attached hydrogens (primary N) is 1. The van der Waals surface area contributed by atoms with E-state index in [4.69, 9.17) is 15.7 Å². The maximum atomic E-state index is 8.74. The van der Waals surface area contributed by atoms with Gasteiger partial charge in [-0.15, -0.1) is 0 Å². The maximum Gasteiger partial charge on any atom is 0.223 e. The van der Waals surface area contributed by atoms with Crippen LogP contribution in [0.2, 0.25) is 0 Å². The normalized spacial score (nSPS) is 22.2. The Labute approximate surface area is 119 Å². The fourth-order valence-corrected chi connectivity index (χ4v) is 2.28. The molecule has 20 heavy (non-hydrogen) atoms. The van der Waals surface area contributed by atoms with Crippen LogP contribution in [0.3, 0.4) is 0 Å². The standard InChI is InChI=1S/C14H21N5O/c15-10-12-6-8-18-14(19-12)17-7-1-9-20-13-4-2-11(16)3-5-13/h6,8,11,13H,1-5,7,9,16H2,(H,17,18,19). The summed E-state index contributed by atoms with van der Waals surface area (Å²) in [5, 5.41) is 11.8. The van der Waals surface area contributed by atoms with Crippen molar-refractivity contribution in [3.8, 4) is 6.07 Å². The summed E-state index contributed by atoms with van der Waals surface area (Å²) in [5.41, 5.74) is 6.23. The predicted molar refractivity (Wildman–Crippen MR) is 76.0 cm³/mol. The molecule has 1 aromatic rings. The lowest BCUT2D eigenvalue weighted by Gasteiger charge is -2.26. The van der Waals surface area contributed by atoms with Crippen molar-refractivity contribution in [1.82, 2.24) is 9.97 Å². The third kappa shape index (κ3) is 4.76. The molecule has 0 saturated heterocycles. The van der Waals surface area contributed by atoms with Gasteiger partial charge in [0.1, 0.15) is 11.8 Å². The molecule has 6 nitrogen and oxygen atoms in total. The third-order valence-corrected chi connectivity index (χ3v) is 3.45. The zero-order valence-corrected chi connectivity index (χ0v) is 11.6. The van der Waals surface area contributed by atoms with Crippen molar-refractivity contribution in [1.29, 1.82) is 5.26 Å². The number of hydrogen-bond donors (Lipinski definition) is 2. The van der Waals surface area contributed by atoms with Crippen molar-refractivity contribution in [2.45, 2.75) is 44.2 Å². The van der Waals surface area contributed by atoms with Crippen LogP contribution in [-0.2, 0) is 4.74 Å². The first kappa shape index (κ1) is 14.7. The highest BCUT2D eigenvalue weighted by atomic mass is 16.5. The average Bonchev–Trinajstić information content (AvgIpc) is 2.49. The van der Waals surface area contributed by atoms with E-state index < -0.39 is 0 Å². The first-order valence-corrected chi connectivity index (χ1v) is 7.12. The van der Waals surface area contributed by atoms with E-state index >= 15 is 0 Å². The highest BCUT2D eigenvalue weighted by Crippen LogP contribution is 2.19. The third-order valence-electron chi connectivity index (χ3n) is 3.45. The Morgan fingerprint density at radius 1 is 1.40 bits per heavy atom. The molecule has 1 heterocycles. The maximum absolute atomic E-state index is 8.74. The van der Waals surface area contributed by atoms with E-state index in [-0.39, 0.29) is 0 Å². The van der Waals surface area contributed by atoms with Gasteiger partial charge in [0.25, 0.3) is 0 Å². The molecule has 1 aromatic heterocycles. The van der Waals surface area contributed by atoms with Gasteiger partial charge >= 0.3 is 0 Å². The zero-order chi connectivity index (χ0) is 14.2. The molecule has 0 aromatic carbocycles. The number of aromatic nitrogens is 2. The fraction of sp³-hybridized carbons (Fsp3) is 0.643. The molecular weight excluding hydrogens is 254 g/mol. The van der Waals surface area contributed by atoms with Gasteiger partial charge in [-0.2, -0.15) is 5.26 Å². The van der Waals surface area contributed by atoms with E-state index in [0.717, 1.165) is 45.3 Å². The number of ether oxygens (including phenoxy) is 1. The van der Waals surface area contributed by atoms with Gasteiger partial charge in [-0.05, 0) is 38.2 Å². The predicted octanol–water partition coefficient (Wildman–Crippen LogP) is 1.44. The van der Waals surface area contributed by atoms with Crippen LogP contribution in [-0.4, -0.2) is 35.3 Å². The Hall–Kier alpha value is -1.71. The van der Waals surface area contributed by atoms with Crippen LogP contribution in [0.4, 0.5) is 5.95 Å². The Kier molecular flexibility index (Phi) is 5.71. The first-order valence-electron chi connectivity index (χ1n) is 7.12. The van der Waals surface area contributed by atoms with Crippen LogP contribution < -0.4 is 11.1 Å². The zero-order valence-electron chi connectivity index (χ0n) is 11.6. The summed E-state index contributed by atoms with van der Waals surface area (Å²) < 4.78 is 5.83. The molecule has 108 valence electrons. The Morgan fingerprint density at radius 3 is 2.95 bits per heavy atom. The van der Waals surface area contributed by atoms with Crippen LogP contribution >= 0.6 is 0 Å². The van der Waals surface area contributed by atoms with Crippen LogP contribution in [0.25, 0.3) is 0 Å². The molecule has 0 bridgehead atoms. The van der Waals surface area contributed by atoms with Crippen molar-refractivity contribution >= 4 is 5.95 Å². The van der Waals surface area contributed by atoms with Crippen LogP contribution in [0.5, 0.6) is 0 Å². The average molecular weight is 275 g/mol. The molecule has 0 amide bonds. The van der Waals surface area contributed by atoms with Crippen molar-refractivity contribution in [2.75, 3.05) is 18.5 Å². The molecule has 0 atom stereocenters. The Bertz CT molecular complexity index is 451. The number of hydrogen-bond acceptors (Lipinski definition) is 6. The van der Waals surface area contributed by atoms with Gasteiger partial charge in [0.2, 0.25) is 5.95 Å². The van der Waals surface area contributed by atoms with E-state index in [1.54, 1.807) is 12.3 Å². The fourth-order valence-electron chi connectivity index (χ4n) is 2.28. The Balaban J connectivity index is 1.58. The second kappa shape index (κ2) is 7.78. The molecule has 3 N–H and O–H groups in total. The lowest BCUT2D eigenvalue weighted by atomic mass is 9.94. The summed E-state index contributed by atoms with van der Waals surface area (Å²) in [6.07, 6.45) is 7.12. The Morgan fingerprint density at radius 2 is 2.20 bits per heavy atom. The summed E-state index contributed by atoms with van der Waals surface area (Å²) in [6, 6.07) is 3.94. The first-order chi connectivity index (χ1) is 9.78. The summed E-state index contributed by atoms with van der Waals surface area (Å²) >= 11 is 0. The molecule has 0 spiro atoms. The summed E-state index contributed by atoms with van der Waals surface area (Å²) in [4.78, 5) is 8.10. The SMILES string of the molecule is N#Cc1ccnc(NCCCOC2CCC(N)CC2)n1. The van der Waals surface area contributed by atoms with E-state index in [9.17, 15) is 0 Å². The second-order valence-electron chi connectivity index (χ2n) is 5.07. The van der Waals surface area contributed by atoms with Crippen LogP contribution in [0.1, 0.15) is 37.8 Å². The molecule has 1 saturated carbocycles. The summed E-state index contributed by atoms with van der Waals surface area (Å²) in [7, 11) is 0. The number of nitriles is 1. The van der Waals surface area contributed by atoms with Crippen LogP contribution in [0, 0.1) is 11.3 Å². The molecule has 0 aliphatic heterocycles. The molecule has 1 aliphatic carbocycles. The van der Waals surface area contributed by atoms with Gasteiger partial charge in [-0.1, -0.05) is 0 Å². The van der Waals surface area contributed by atoms with E-state index in [0.29, 0.717) is 23.8 Å². The van der Waals surface area contributed by atoms with Gasteiger partial charge in [-0.3, -0.25) is 0 Å². The van der Waals surface area contributed by atoms with Gasteiger partial charge in [0, 0.05) is 25.4 Å². The molecule has 6 heteroatoms. The highest BCUT2D eigenvalue weighted by molar-refractivity contribution is 5.29. The smallest absolute Gasteiger partial charge is 0.223 e. The lowest BCUT2D eigenvalue weighted by molar-refractivity contribution is 0.0251. The minimum Gasteiger partial charge on any atom is -0.378 e. The van der Waals surface area contributed by atoms with Gasteiger partial charge < -0.3 is 15.8 Å². The van der Waals surface area contributed by atoms with Gasteiger partial charge in [-0.25, -0.2) is 9.97 Å². The van der Waals surface area contributed by atoms with E-state index in [1.165, 1.54) is 0 Å². The highest BCUT2D eigenvalue weighted by Gasteiger charge is 2.18. The van der Waals surface area contributed by atoms with Crippen LogP contribution in [0.15, 0.2) is 12.3 Å².